The van der Waals surface area contributed by atoms with Crippen LogP contribution in [-0.2, 0) is 0 Å². The van der Waals surface area contributed by atoms with Gasteiger partial charge in [0.05, 0.1) is 5.39 Å². The third kappa shape index (κ3) is 3.95. The predicted molar refractivity (Wildman–Crippen MR) is 104 cm³/mol. The molecule has 1 aliphatic rings. The fourth-order valence-electron chi connectivity index (χ4n) is 3.23. The summed E-state index contributed by atoms with van der Waals surface area (Å²) < 4.78 is 5.64. The van der Waals surface area contributed by atoms with Crippen LogP contribution in [0.1, 0.15) is 0 Å². The summed E-state index contributed by atoms with van der Waals surface area (Å²) in [6, 6.07) is 11.7. The zero-order chi connectivity index (χ0) is 17.8. The minimum atomic E-state index is -0.496. The van der Waals surface area contributed by atoms with E-state index >= 15 is 0 Å². The van der Waals surface area contributed by atoms with Gasteiger partial charge in [-0.1, -0.05) is 18.2 Å². The van der Waals surface area contributed by atoms with E-state index in [1.54, 1.807) is 17.7 Å². The quantitative estimate of drug-likeness (QED) is 0.718. The van der Waals surface area contributed by atoms with Crippen molar-refractivity contribution in [1.29, 1.82) is 0 Å². The van der Waals surface area contributed by atoms with Gasteiger partial charge in [-0.05, 0) is 23.6 Å². The second-order valence-electron chi connectivity index (χ2n) is 6.40. The average molecular weight is 370 g/mol. The number of aromatic nitrogens is 2. The van der Waals surface area contributed by atoms with Crippen LogP contribution in [0.4, 0.5) is 5.82 Å². The minimum Gasteiger partial charge on any atom is -0.491 e. The third-order valence-electron chi connectivity index (χ3n) is 4.57. The van der Waals surface area contributed by atoms with Gasteiger partial charge in [0.15, 0.2) is 0 Å². The number of aliphatic hydroxyl groups is 1. The molecule has 1 aliphatic heterocycles. The maximum absolute atomic E-state index is 10.3. The third-order valence-corrected chi connectivity index (χ3v) is 5.39. The van der Waals surface area contributed by atoms with Crippen LogP contribution >= 0.6 is 11.3 Å². The van der Waals surface area contributed by atoms with E-state index in [1.807, 2.05) is 30.3 Å². The lowest BCUT2D eigenvalue weighted by Gasteiger charge is -2.36. The van der Waals surface area contributed by atoms with Crippen molar-refractivity contribution in [3.63, 3.8) is 0 Å². The van der Waals surface area contributed by atoms with Crippen LogP contribution in [0.3, 0.4) is 0 Å². The number of rotatable bonds is 6. The van der Waals surface area contributed by atoms with Crippen LogP contribution in [-0.4, -0.2) is 65.4 Å². The van der Waals surface area contributed by atoms with E-state index in [0.717, 1.165) is 48.0 Å². The van der Waals surface area contributed by atoms with Crippen molar-refractivity contribution >= 4 is 27.4 Å². The number of hydrogen-bond donors (Lipinski definition) is 1. The molecule has 0 amide bonds. The monoisotopic (exact) mass is 370 g/mol. The van der Waals surface area contributed by atoms with Crippen LogP contribution in [0.2, 0.25) is 0 Å². The van der Waals surface area contributed by atoms with E-state index < -0.39 is 6.10 Å². The van der Waals surface area contributed by atoms with E-state index in [4.69, 9.17) is 4.74 Å². The smallest absolute Gasteiger partial charge is 0.140 e. The summed E-state index contributed by atoms with van der Waals surface area (Å²) in [5.74, 6) is 1.81. The number of aliphatic hydroxyl groups excluding tert-OH is 1. The van der Waals surface area contributed by atoms with Crippen molar-refractivity contribution in [2.45, 2.75) is 6.10 Å². The number of hydrogen-bond acceptors (Lipinski definition) is 7. The van der Waals surface area contributed by atoms with Crippen molar-refractivity contribution in [1.82, 2.24) is 14.9 Å². The van der Waals surface area contributed by atoms with Crippen LogP contribution in [0.5, 0.6) is 5.75 Å². The highest BCUT2D eigenvalue weighted by atomic mass is 32.1. The highest BCUT2D eigenvalue weighted by molar-refractivity contribution is 7.16. The molecular weight excluding hydrogens is 348 g/mol. The van der Waals surface area contributed by atoms with Gasteiger partial charge in [-0.25, -0.2) is 9.97 Å². The summed E-state index contributed by atoms with van der Waals surface area (Å²) in [7, 11) is 0. The maximum Gasteiger partial charge on any atom is 0.140 e. The molecule has 1 fully saturated rings. The Morgan fingerprint density at radius 1 is 1.08 bits per heavy atom. The van der Waals surface area contributed by atoms with Gasteiger partial charge in [0, 0.05) is 32.7 Å². The highest BCUT2D eigenvalue weighted by Gasteiger charge is 2.22. The number of piperazine rings is 1. The predicted octanol–water partition coefficient (Wildman–Crippen LogP) is 2.25. The molecule has 1 N–H and O–H groups in total. The SMILES string of the molecule is OC(COc1ccccc1)CN1CCN(c2ncnc3sccc23)CC1. The van der Waals surface area contributed by atoms with Gasteiger partial charge in [0.1, 0.15) is 35.4 Å². The molecular formula is C19H22N4O2S. The van der Waals surface area contributed by atoms with E-state index in [2.05, 4.69) is 31.2 Å². The maximum atomic E-state index is 10.3. The van der Waals surface area contributed by atoms with E-state index in [0.29, 0.717) is 13.2 Å². The molecule has 6 nitrogen and oxygen atoms in total. The molecule has 136 valence electrons. The Labute approximate surface area is 156 Å². The molecule has 1 aromatic carbocycles. The van der Waals surface area contributed by atoms with Crippen molar-refractivity contribution in [3.8, 4) is 5.75 Å². The molecule has 0 bridgehead atoms. The number of β-amino-alcohol motifs (C(OH)–C–C–N with tert-alkyl or cyclic N) is 1. The first-order valence-corrected chi connectivity index (χ1v) is 9.69. The van der Waals surface area contributed by atoms with Crippen LogP contribution in [0.25, 0.3) is 10.2 Å². The summed E-state index contributed by atoms with van der Waals surface area (Å²) >= 11 is 1.64. The second kappa shape index (κ2) is 7.99. The Balaban J connectivity index is 1.28. The fourth-order valence-corrected chi connectivity index (χ4v) is 3.96. The van der Waals surface area contributed by atoms with Crippen LogP contribution in [0, 0.1) is 0 Å². The largest absolute Gasteiger partial charge is 0.491 e. The number of nitrogens with zero attached hydrogens (tertiary/aromatic N) is 4. The normalized spacial score (nSPS) is 16.7. The highest BCUT2D eigenvalue weighted by Crippen LogP contribution is 2.27. The zero-order valence-electron chi connectivity index (χ0n) is 14.5. The van der Waals surface area contributed by atoms with Gasteiger partial charge in [-0.15, -0.1) is 11.3 Å². The molecule has 0 saturated carbocycles. The Kier molecular flexibility index (Phi) is 5.29. The second-order valence-corrected chi connectivity index (χ2v) is 7.30. The Hall–Kier alpha value is -2.22. The number of thiophene rings is 1. The molecule has 2 aromatic heterocycles. The van der Waals surface area contributed by atoms with E-state index in [9.17, 15) is 5.11 Å². The van der Waals surface area contributed by atoms with Gasteiger partial charge >= 0.3 is 0 Å². The standard InChI is InChI=1S/C19H22N4O2S/c24-15(13-25-16-4-2-1-3-5-16)12-22-7-9-23(10-8-22)18-17-6-11-26-19(17)21-14-20-18/h1-6,11,14-15,24H,7-10,12-13H2. The number of fused-ring (bicyclic) bond motifs is 1. The molecule has 4 rings (SSSR count). The molecule has 1 unspecified atom stereocenters. The Bertz CT molecular complexity index is 834. The molecule has 3 aromatic rings. The minimum absolute atomic E-state index is 0.311. The van der Waals surface area contributed by atoms with Crippen molar-refractivity contribution < 1.29 is 9.84 Å². The van der Waals surface area contributed by atoms with Gasteiger partial charge in [-0.3, -0.25) is 4.90 Å². The lowest BCUT2D eigenvalue weighted by molar-refractivity contribution is 0.0663. The van der Waals surface area contributed by atoms with E-state index in [-0.39, 0.29) is 0 Å². The average Bonchev–Trinajstić information content (AvgIpc) is 3.17. The number of ether oxygens (including phenoxy) is 1. The van der Waals surface area contributed by atoms with Gasteiger partial charge in [0.25, 0.3) is 0 Å². The van der Waals surface area contributed by atoms with Crippen molar-refractivity contribution in [2.24, 2.45) is 0 Å². The molecule has 0 spiro atoms. The fraction of sp³-hybridized carbons (Fsp3) is 0.368. The summed E-state index contributed by atoms with van der Waals surface area (Å²) in [6.07, 6.45) is 1.15. The Morgan fingerprint density at radius 3 is 2.69 bits per heavy atom. The number of benzene rings is 1. The summed E-state index contributed by atoms with van der Waals surface area (Å²) in [5.41, 5.74) is 0. The number of para-hydroxylation sites is 1. The summed E-state index contributed by atoms with van der Waals surface area (Å²) in [5, 5.41) is 13.4. The lowest BCUT2D eigenvalue weighted by atomic mass is 10.2. The summed E-state index contributed by atoms with van der Waals surface area (Å²) in [6.45, 7) is 4.53. The number of anilines is 1. The summed E-state index contributed by atoms with van der Waals surface area (Å²) in [4.78, 5) is 14.4. The van der Waals surface area contributed by atoms with Crippen LogP contribution < -0.4 is 9.64 Å². The molecule has 1 atom stereocenters. The molecule has 1 saturated heterocycles. The van der Waals surface area contributed by atoms with Gasteiger partial charge < -0.3 is 14.7 Å². The first-order valence-electron chi connectivity index (χ1n) is 8.81. The molecule has 0 radical (unpaired) electrons. The molecule has 0 aliphatic carbocycles. The molecule has 3 heterocycles. The van der Waals surface area contributed by atoms with Crippen molar-refractivity contribution in [2.75, 3.05) is 44.2 Å². The zero-order valence-corrected chi connectivity index (χ0v) is 15.3. The van der Waals surface area contributed by atoms with Gasteiger partial charge in [0.2, 0.25) is 0 Å². The Morgan fingerprint density at radius 2 is 1.88 bits per heavy atom. The van der Waals surface area contributed by atoms with E-state index in [1.165, 1.54) is 0 Å². The van der Waals surface area contributed by atoms with Crippen molar-refractivity contribution in [3.05, 3.63) is 48.1 Å². The molecule has 7 heteroatoms. The topological polar surface area (TPSA) is 61.7 Å². The van der Waals surface area contributed by atoms with Gasteiger partial charge in [-0.2, -0.15) is 0 Å². The molecule has 26 heavy (non-hydrogen) atoms. The van der Waals surface area contributed by atoms with Crippen LogP contribution in [0.15, 0.2) is 48.1 Å². The first kappa shape index (κ1) is 17.2. The lowest BCUT2D eigenvalue weighted by Crippen LogP contribution is -2.49. The first-order chi connectivity index (χ1) is 12.8.